The zero-order valence-electron chi connectivity index (χ0n) is 16.6. The molecule has 2 aromatic heterocycles. The first-order chi connectivity index (χ1) is 14.2. The zero-order valence-corrected chi connectivity index (χ0v) is 17.4. The van der Waals surface area contributed by atoms with E-state index in [2.05, 4.69) is 24.1 Å². The molecule has 0 spiro atoms. The van der Waals surface area contributed by atoms with Gasteiger partial charge in [0.25, 0.3) is 0 Å². The van der Waals surface area contributed by atoms with Crippen LogP contribution in [0, 0.1) is 5.92 Å². The van der Waals surface area contributed by atoms with Crippen LogP contribution in [-0.4, -0.2) is 15.6 Å². The van der Waals surface area contributed by atoms with Gasteiger partial charge in [0, 0.05) is 23.8 Å². The number of thiazole rings is 1. The molecule has 0 fully saturated rings. The molecule has 0 unspecified atom stereocenters. The van der Waals surface area contributed by atoms with Crippen molar-refractivity contribution in [2.45, 2.75) is 39.4 Å². The molecule has 0 saturated heterocycles. The van der Waals surface area contributed by atoms with Crippen LogP contribution in [-0.2, 0) is 19.1 Å². The van der Waals surface area contributed by atoms with Gasteiger partial charge < -0.3 is 9.30 Å². The fourth-order valence-corrected chi connectivity index (χ4v) is 3.35. The standard InChI is InChI=1S/C21H22F3N3O2S/c1-14(2)3-4-16-11-18(29-20(28)26-19-25-9-10-30-19)27(13-16)12-15-5-7-17(8-6-15)21(22,23)24/h5-11,13-14H,3-4,12H2,1-2H3,(H,25,26,28). The highest BCUT2D eigenvalue weighted by Crippen LogP contribution is 2.29. The summed E-state index contributed by atoms with van der Waals surface area (Å²) in [6.07, 6.45) is 0.158. The molecular weight excluding hydrogens is 415 g/mol. The molecule has 0 aliphatic heterocycles. The summed E-state index contributed by atoms with van der Waals surface area (Å²) in [6.45, 7) is 4.52. The number of alkyl halides is 3. The largest absolute Gasteiger partial charge is 0.420 e. The van der Waals surface area contributed by atoms with Crippen molar-refractivity contribution in [3.8, 4) is 5.88 Å². The van der Waals surface area contributed by atoms with Gasteiger partial charge in [-0.25, -0.2) is 9.78 Å². The zero-order chi connectivity index (χ0) is 21.7. The van der Waals surface area contributed by atoms with E-state index < -0.39 is 17.8 Å². The maximum absolute atomic E-state index is 12.8. The maximum Gasteiger partial charge on any atom is 0.420 e. The van der Waals surface area contributed by atoms with Crippen LogP contribution < -0.4 is 10.1 Å². The van der Waals surface area contributed by atoms with Crippen LogP contribution in [0.25, 0.3) is 0 Å². The lowest BCUT2D eigenvalue weighted by Gasteiger charge is -2.11. The van der Waals surface area contributed by atoms with Crippen molar-refractivity contribution in [1.29, 1.82) is 0 Å². The second-order valence-electron chi connectivity index (χ2n) is 7.29. The predicted octanol–water partition coefficient (Wildman–Crippen LogP) is 6.21. The number of carbonyl (C=O) groups excluding carboxylic acids is 1. The second-order valence-corrected chi connectivity index (χ2v) is 8.19. The Bertz CT molecular complexity index is 965. The van der Waals surface area contributed by atoms with Crippen molar-refractivity contribution in [2.24, 2.45) is 5.92 Å². The number of aryl methyl sites for hydroxylation is 1. The molecule has 9 heteroatoms. The molecule has 3 aromatic rings. The number of rotatable bonds is 7. The molecule has 1 aromatic carbocycles. The van der Waals surface area contributed by atoms with E-state index in [9.17, 15) is 18.0 Å². The first-order valence-corrected chi connectivity index (χ1v) is 10.3. The Labute approximate surface area is 176 Å². The summed E-state index contributed by atoms with van der Waals surface area (Å²) in [7, 11) is 0. The molecule has 0 radical (unpaired) electrons. The van der Waals surface area contributed by atoms with Crippen molar-refractivity contribution in [3.63, 3.8) is 0 Å². The van der Waals surface area contributed by atoms with Crippen LogP contribution in [0.1, 0.15) is 37.0 Å². The van der Waals surface area contributed by atoms with Gasteiger partial charge in [-0.2, -0.15) is 13.2 Å². The van der Waals surface area contributed by atoms with Gasteiger partial charge in [-0.3, -0.25) is 5.32 Å². The minimum absolute atomic E-state index is 0.277. The molecule has 0 aliphatic carbocycles. The van der Waals surface area contributed by atoms with Gasteiger partial charge >= 0.3 is 12.3 Å². The van der Waals surface area contributed by atoms with Crippen LogP contribution in [0.5, 0.6) is 5.88 Å². The van der Waals surface area contributed by atoms with E-state index in [1.54, 1.807) is 22.2 Å². The predicted molar refractivity (Wildman–Crippen MR) is 110 cm³/mol. The van der Waals surface area contributed by atoms with Crippen LogP contribution in [0.4, 0.5) is 23.1 Å². The third-order valence-electron chi connectivity index (χ3n) is 4.40. The fraction of sp³-hybridized carbons (Fsp3) is 0.333. The summed E-state index contributed by atoms with van der Waals surface area (Å²) in [5, 5.41) is 4.70. The van der Waals surface area contributed by atoms with Crippen molar-refractivity contribution >= 4 is 22.6 Å². The monoisotopic (exact) mass is 437 g/mol. The minimum Gasteiger partial charge on any atom is -0.393 e. The lowest BCUT2D eigenvalue weighted by atomic mass is 10.1. The van der Waals surface area contributed by atoms with E-state index in [-0.39, 0.29) is 6.54 Å². The normalized spacial score (nSPS) is 11.7. The summed E-state index contributed by atoms with van der Waals surface area (Å²) < 4.78 is 45.5. The number of nitrogens with one attached hydrogen (secondary N) is 1. The van der Waals surface area contributed by atoms with Crippen LogP contribution in [0.15, 0.2) is 48.1 Å². The number of hydrogen-bond donors (Lipinski definition) is 1. The molecule has 160 valence electrons. The smallest absolute Gasteiger partial charge is 0.393 e. The molecule has 0 bridgehead atoms. The van der Waals surface area contributed by atoms with E-state index in [0.29, 0.717) is 22.5 Å². The average Bonchev–Trinajstić information content (AvgIpc) is 3.30. The number of halogens is 3. The number of ether oxygens (including phenoxy) is 1. The molecule has 0 saturated carbocycles. The summed E-state index contributed by atoms with van der Waals surface area (Å²) >= 11 is 1.27. The third kappa shape index (κ3) is 6.09. The number of carbonyl (C=O) groups is 1. The van der Waals surface area contributed by atoms with E-state index in [1.165, 1.54) is 23.5 Å². The highest BCUT2D eigenvalue weighted by Gasteiger charge is 2.30. The first-order valence-electron chi connectivity index (χ1n) is 9.44. The number of hydrogen-bond acceptors (Lipinski definition) is 4. The average molecular weight is 437 g/mol. The van der Waals surface area contributed by atoms with Gasteiger partial charge in [0.05, 0.1) is 12.1 Å². The molecule has 0 atom stereocenters. The number of aromatic nitrogens is 2. The number of benzene rings is 1. The molecule has 3 rings (SSSR count). The Kier molecular flexibility index (Phi) is 6.81. The van der Waals surface area contributed by atoms with E-state index in [4.69, 9.17) is 4.74 Å². The summed E-state index contributed by atoms with van der Waals surface area (Å²) in [4.78, 5) is 16.2. The van der Waals surface area contributed by atoms with Gasteiger partial charge in [0.2, 0.25) is 5.88 Å². The van der Waals surface area contributed by atoms with Gasteiger partial charge in [-0.05, 0) is 42.0 Å². The van der Waals surface area contributed by atoms with Crippen molar-refractivity contribution in [2.75, 3.05) is 5.32 Å². The lowest BCUT2D eigenvalue weighted by Crippen LogP contribution is -2.18. The highest BCUT2D eigenvalue weighted by atomic mass is 32.1. The van der Waals surface area contributed by atoms with Crippen LogP contribution >= 0.6 is 11.3 Å². The highest BCUT2D eigenvalue weighted by molar-refractivity contribution is 7.13. The van der Waals surface area contributed by atoms with Crippen molar-refractivity contribution in [3.05, 3.63) is 64.8 Å². The van der Waals surface area contributed by atoms with Gasteiger partial charge in [-0.15, -0.1) is 11.3 Å². The Morgan fingerprint density at radius 3 is 2.57 bits per heavy atom. The minimum atomic E-state index is -4.38. The maximum atomic E-state index is 12.8. The second kappa shape index (κ2) is 9.34. The molecule has 2 heterocycles. The molecule has 0 aliphatic rings. The Balaban J connectivity index is 1.77. The molecular formula is C21H22F3N3O2S. The van der Waals surface area contributed by atoms with Gasteiger partial charge in [0.1, 0.15) is 0 Å². The summed E-state index contributed by atoms with van der Waals surface area (Å²) in [5.74, 6) is 0.837. The fourth-order valence-electron chi connectivity index (χ4n) is 2.84. The number of amides is 1. The summed E-state index contributed by atoms with van der Waals surface area (Å²) in [5.41, 5.74) is 0.961. The molecule has 1 N–H and O–H groups in total. The molecule has 1 amide bonds. The Morgan fingerprint density at radius 1 is 1.23 bits per heavy atom. The number of nitrogens with zero attached hydrogens (tertiary/aromatic N) is 2. The van der Waals surface area contributed by atoms with Crippen molar-refractivity contribution in [1.82, 2.24) is 9.55 Å². The topological polar surface area (TPSA) is 56.1 Å². The van der Waals surface area contributed by atoms with Gasteiger partial charge in [0.15, 0.2) is 5.13 Å². The quantitative estimate of drug-likeness (QED) is 0.478. The SMILES string of the molecule is CC(C)CCc1cc(OC(=O)Nc2nccs2)n(Cc2ccc(C(F)(F)F)cc2)c1. The van der Waals surface area contributed by atoms with Crippen molar-refractivity contribution < 1.29 is 22.7 Å². The molecule has 30 heavy (non-hydrogen) atoms. The van der Waals surface area contributed by atoms with E-state index >= 15 is 0 Å². The number of anilines is 1. The lowest BCUT2D eigenvalue weighted by molar-refractivity contribution is -0.137. The van der Waals surface area contributed by atoms with Crippen LogP contribution in [0.2, 0.25) is 0 Å². The first kappa shape index (κ1) is 21.9. The van der Waals surface area contributed by atoms with Gasteiger partial charge in [-0.1, -0.05) is 26.0 Å². The Morgan fingerprint density at radius 2 is 1.97 bits per heavy atom. The molecule has 5 nitrogen and oxygen atoms in total. The van der Waals surface area contributed by atoms with E-state index in [1.807, 2.05) is 6.20 Å². The van der Waals surface area contributed by atoms with Crippen LogP contribution in [0.3, 0.4) is 0 Å². The summed E-state index contributed by atoms with van der Waals surface area (Å²) in [6, 6.07) is 6.74. The third-order valence-corrected chi connectivity index (χ3v) is 5.09. The Hall–Kier alpha value is -2.81. The van der Waals surface area contributed by atoms with E-state index in [0.717, 1.165) is 30.5 Å².